The number of aromatic amines is 1. The van der Waals surface area contributed by atoms with Crippen molar-refractivity contribution in [1.82, 2.24) is 14.9 Å². The summed E-state index contributed by atoms with van der Waals surface area (Å²) in [7, 11) is 0. The van der Waals surface area contributed by atoms with Gasteiger partial charge in [-0.2, -0.15) is 0 Å². The van der Waals surface area contributed by atoms with Crippen LogP contribution in [0, 0.1) is 0 Å². The van der Waals surface area contributed by atoms with Crippen molar-refractivity contribution in [3.8, 4) is 0 Å². The SMILES string of the molecule is c1c[nH]c(CN2CCCCCC2)n1. The molecule has 2 rings (SSSR count). The smallest absolute Gasteiger partial charge is 0.120 e. The van der Waals surface area contributed by atoms with Crippen molar-refractivity contribution in [3.05, 3.63) is 18.2 Å². The van der Waals surface area contributed by atoms with Crippen LogP contribution in [-0.4, -0.2) is 28.0 Å². The van der Waals surface area contributed by atoms with Crippen LogP contribution >= 0.6 is 0 Å². The summed E-state index contributed by atoms with van der Waals surface area (Å²) in [5, 5.41) is 0. The molecule has 1 aromatic rings. The number of imidazole rings is 1. The van der Waals surface area contributed by atoms with Crippen molar-refractivity contribution in [1.29, 1.82) is 0 Å². The van der Waals surface area contributed by atoms with Crippen molar-refractivity contribution in [2.75, 3.05) is 13.1 Å². The summed E-state index contributed by atoms with van der Waals surface area (Å²) in [5.41, 5.74) is 0. The number of likely N-dealkylation sites (tertiary alicyclic amines) is 1. The Hall–Kier alpha value is -0.830. The fourth-order valence-electron chi connectivity index (χ4n) is 1.89. The minimum Gasteiger partial charge on any atom is -0.348 e. The van der Waals surface area contributed by atoms with Gasteiger partial charge in [0.15, 0.2) is 0 Å². The van der Waals surface area contributed by atoms with Gasteiger partial charge in [0.25, 0.3) is 0 Å². The number of nitrogens with one attached hydrogen (secondary N) is 1. The molecular weight excluding hydrogens is 162 g/mol. The molecular formula is C10H17N3. The standard InChI is InChI=1S/C10H17N3/c1-2-4-8-13(7-3-1)9-10-11-5-6-12-10/h5-6H,1-4,7-9H2,(H,11,12). The van der Waals surface area contributed by atoms with Crippen LogP contribution in [0.5, 0.6) is 0 Å². The lowest BCUT2D eigenvalue weighted by atomic mass is 10.2. The average molecular weight is 179 g/mol. The van der Waals surface area contributed by atoms with Gasteiger partial charge in [-0.15, -0.1) is 0 Å². The van der Waals surface area contributed by atoms with E-state index in [-0.39, 0.29) is 0 Å². The van der Waals surface area contributed by atoms with Crippen molar-refractivity contribution >= 4 is 0 Å². The Morgan fingerprint density at radius 3 is 2.62 bits per heavy atom. The van der Waals surface area contributed by atoms with Gasteiger partial charge in [-0.1, -0.05) is 12.8 Å². The highest BCUT2D eigenvalue weighted by Crippen LogP contribution is 2.11. The summed E-state index contributed by atoms with van der Waals surface area (Å²) in [5.74, 6) is 1.10. The van der Waals surface area contributed by atoms with Crippen molar-refractivity contribution in [2.24, 2.45) is 0 Å². The molecule has 3 heteroatoms. The lowest BCUT2D eigenvalue weighted by Gasteiger charge is -2.17. The van der Waals surface area contributed by atoms with E-state index in [1.54, 1.807) is 0 Å². The molecule has 1 N–H and O–H groups in total. The lowest BCUT2D eigenvalue weighted by Crippen LogP contribution is -2.24. The Balaban J connectivity index is 1.86. The van der Waals surface area contributed by atoms with Crippen LogP contribution in [0.4, 0.5) is 0 Å². The summed E-state index contributed by atoms with van der Waals surface area (Å²) >= 11 is 0. The quantitative estimate of drug-likeness (QED) is 0.750. The largest absolute Gasteiger partial charge is 0.348 e. The van der Waals surface area contributed by atoms with Crippen LogP contribution in [0.3, 0.4) is 0 Å². The summed E-state index contributed by atoms with van der Waals surface area (Å²) in [6, 6.07) is 0. The maximum absolute atomic E-state index is 4.24. The summed E-state index contributed by atoms with van der Waals surface area (Å²) < 4.78 is 0. The zero-order valence-corrected chi connectivity index (χ0v) is 8.00. The first-order chi connectivity index (χ1) is 6.45. The highest BCUT2D eigenvalue weighted by molar-refractivity contribution is 4.87. The van der Waals surface area contributed by atoms with E-state index in [2.05, 4.69) is 14.9 Å². The second-order valence-electron chi connectivity index (χ2n) is 3.73. The molecule has 0 spiro atoms. The van der Waals surface area contributed by atoms with E-state index in [0.29, 0.717) is 0 Å². The van der Waals surface area contributed by atoms with Crippen LogP contribution in [0.1, 0.15) is 31.5 Å². The fourth-order valence-corrected chi connectivity index (χ4v) is 1.89. The van der Waals surface area contributed by atoms with E-state index >= 15 is 0 Å². The summed E-state index contributed by atoms with van der Waals surface area (Å²) in [4.78, 5) is 9.89. The Morgan fingerprint density at radius 2 is 2.00 bits per heavy atom. The number of nitrogens with zero attached hydrogens (tertiary/aromatic N) is 2. The van der Waals surface area contributed by atoms with E-state index in [1.165, 1.54) is 38.8 Å². The fraction of sp³-hybridized carbons (Fsp3) is 0.700. The first kappa shape index (κ1) is 8.75. The van der Waals surface area contributed by atoms with Crippen LogP contribution < -0.4 is 0 Å². The molecule has 0 aromatic carbocycles. The first-order valence-corrected chi connectivity index (χ1v) is 5.16. The Bertz CT molecular complexity index is 222. The second kappa shape index (κ2) is 4.42. The number of H-pyrrole nitrogens is 1. The van der Waals surface area contributed by atoms with E-state index in [0.717, 1.165) is 12.4 Å². The highest BCUT2D eigenvalue weighted by atomic mass is 15.1. The van der Waals surface area contributed by atoms with E-state index in [9.17, 15) is 0 Å². The monoisotopic (exact) mass is 179 g/mol. The molecule has 13 heavy (non-hydrogen) atoms. The highest BCUT2D eigenvalue weighted by Gasteiger charge is 2.09. The van der Waals surface area contributed by atoms with E-state index < -0.39 is 0 Å². The molecule has 0 radical (unpaired) electrons. The molecule has 1 aliphatic rings. The molecule has 3 nitrogen and oxygen atoms in total. The van der Waals surface area contributed by atoms with Gasteiger partial charge in [-0.05, 0) is 25.9 Å². The molecule has 0 atom stereocenters. The third-order valence-electron chi connectivity index (χ3n) is 2.63. The Labute approximate surface area is 79.2 Å². The number of rotatable bonds is 2. The molecule has 0 bridgehead atoms. The van der Waals surface area contributed by atoms with Gasteiger partial charge in [0.1, 0.15) is 5.82 Å². The molecule has 0 saturated carbocycles. The van der Waals surface area contributed by atoms with Gasteiger partial charge < -0.3 is 4.98 Å². The van der Waals surface area contributed by atoms with Gasteiger partial charge in [0, 0.05) is 12.4 Å². The molecule has 1 saturated heterocycles. The van der Waals surface area contributed by atoms with Crippen LogP contribution in [0.25, 0.3) is 0 Å². The maximum Gasteiger partial charge on any atom is 0.120 e. The maximum atomic E-state index is 4.24. The van der Waals surface area contributed by atoms with Crippen LogP contribution in [0.15, 0.2) is 12.4 Å². The number of aromatic nitrogens is 2. The van der Waals surface area contributed by atoms with E-state index in [1.807, 2.05) is 12.4 Å². The van der Waals surface area contributed by atoms with Gasteiger partial charge in [-0.25, -0.2) is 4.98 Å². The Morgan fingerprint density at radius 1 is 1.23 bits per heavy atom. The molecule has 1 aliphatic heterocycles. The molecule has 1 fully saturated rings. The average Bonchev–Trinajstić information content (AvgIpc) is 2.49. The van der Waals surface area contributed by atoms with Crippen molar-refractivity contribution < 1.29 is 0 Å². The van der Waals surface area contributed by atoms with E-state index in [4.69, 9.17) is 0 Å². The zero-order valence-electron chi connectivity index (χ0n) is 8.00. The topological polar surface area (TPSA) is 31.9 Å². The van der Waals surface area contributed by atoms with Crippen molar-refractivity contribution in [3.63, 3.8) is 0 Å². The molecule has 1 aromatic heterocycles. The first-order valence-electron chi connectivity index (χ1n) is 5.16. The third kappa shape index (κ3) is 2.56. The number of hydrogen-bond donors (Lipinski definition) is 1. The van der Waals surface area contributed by atoms with Gasteiger partial charge >= 0.3 is 0 Å². The van der Waals surface area contributed by atoms with Crippen molar-refractivity contribution in [2.45, 2.75) is 32.2 Å². The van der Waals surface area contributed by atoms with Gasteiger partial charge in [-0.3, -0.25) is 4.90 Å². The third-order valence-corrected chi connectivity index (χ3v) is 2.63. The molecule has 2 heterocycles. The normalized spacial score (nSPS) is 20.0. The molecule has 0 unspecified atom stereocenters. The zero-order chi connectivity index (χ0) is 8.93. The minimum absolute atomic E-state index is 0.993. The van der Waals surface area contributed by atoms with Gasteiger partial charge in [0.05, 0.1) is 6.54 Å². The summed E-state index contributed by atoms with van der Waals surface area (Å²) in [6.07, 6.45) is 9.21. The second-order valence-corrected chi connectivity index (χ2v) is 3.73. The molecule has 72 valence electrons. The molecule has 0 amide bonds. The van der Waals surface area contributed by atoms with Crippen LogP contribution in [0.2, 0.25) is 0 Å². The van der Waals surface area contributed by atoms with Crippen LogP contribution in [-0.2, 0) is 6.54 Å². The number of hydrogen-bond acceptors (Lipinski definition) is 2. The minimum atomic E-state index is 0.993. The predicted octanol–water partition coefficient (Wildman–Crippen LogP) is 1.79. The summed E-state index contributed by atoms with van der Waals surface area (Å²) in [6.45, 7) is 3.47. The predicted molar refractivity (Wildman–Crippen MR) is 52.3 cm³/mol. The molecule has 0 aliphatic carbocycles. The Kier molecular flexibility index (Phi) is 2.98. The lowest BCUT2D eigenvalue weighted by molar-refractivity contribution is 0.271. The van der Waals surface area contributed by atoms with Gasteiger partial charge in [0.2, 0.25) is 0 Å².